The van der Waals surface area contributed by atoms with E-state index in [-0.39, 0.29) is 19.6 Å². The summed E-state index contributed by atoms with van der Waals surface area (Å²) in [7, 11) is 3.02. The zero-order valence-corrected chi connectivity index (χ0v) is 10.8. The molecule has 6 heteroatoms. The first kappa shape index (κ1) is 13.3. The van der Waals surface area contributed by atoms with Crippen molar-refractivity contribution in [2.45, 2.75) is 18.9 Å². The summed E-state index contributed by atoms with van der Waals surface area (Å²) in [6, 6.07) is 3.67. The van der Waals surface area contributed by atoms with Crippen LogP contribution in [0, 0.1) is 11.3 Å². The van der Waals surface area contributed by atoms with E-state index >= 15 is 0 Å². The van der Waals surface area contributed by atoms with Gasteiger partial charge in [-0.2, -0.15) is 5.26 Å². The molecular weight excluding hydrogens is 250 g/mol. The maximum atomic E-state index is 9.74. The largest absolute Gasteiger partial charge is 0.492 e. The molecule has 102 valence electrons. The molecule has 0 saturated heterocycles. The Balaban J connectivity index is 2.40. The van der Waals surface area contributed by atoms with Gasteiger partial charge in [0.15, 0.2) is 11.5 Å². The Kier molecular flexibility index (Phi) is 3.97. The second-order valence-corrected chi connectivity index (χ2v) is 4.06. The summed E-state index contributed by atoms with van der Waals surface area (Å²) >= 11 is 0. The summed E-state index contributed by atoms with van der Waals surface area (Å²) in [6.45, 7) is 0.124. The first-order valence-corrected chi connectivity index (χ1v) is 5.79. The Bertz CT molecular complexity index is 509. The molecule has 1 aliphatic rings. The smallest absolute Gasteiger partial charge is 0.231 e. The molecule has 2 rings (SSSR count). The van der Waals surface area contributed by atoms with E-state index in [9.17, 15) is 5.11 Å². The Morgan fingerprint density at radius 1 is 1.37 bits per heavy atom. The fraction of sp³-hybridized carbons (Fsp3) is 0.462. The number of hydrogen-bond donors (Lipinski definition) is 1. The lowest BCUT2D eigenvalue weighted by Gasteiger charge is -2.16. The summed E-state index contributed by atoms with van der Waals surface area (Å²) < 4.78 is 21.2. The number of ether oxygens (including phenoxy) is 4. The average Bonchev–Trinajstić information content (AvgIpc) is 2.85. The van der Waals surface area contributed by atoms with Crippen LogP contribution in [0.4, 0.5) is 0 Å². The SMILES string of the molecule is COc1c(C[C@@H](O)CC#N)cc2c(c1OC)OCO2. The number of aliphatic hydroxyl groups is 1. The second-order valence-electron chi connectivity index (χ2n) is 4.06. The van der Waals surface area contributed by atoms with E-state index in [4.69, 9.17) is 24.2 Å². The molecule has 0 aromatic heterocycles. The first-order valence-electron chi connectivity index (χ1n) is 5.79. The van der Waals surface area contributed by atoms with Crippen molar-refractivity contribution in [3.63, 3.8) is 0 Å². The summed E-state index contributed by atoms with van der Waals surface area (Å²) in [4.78, 5) is 0. The van der Waals surface area contributed by atoms with Gasteiger partial charge in [0.25, 0.3) is 0 Å². The molecule has 0 amide bonds. The molecule has 1 N–H and O–H groups in total. The van der Waals surface area contributed by atoms with E-state index in [2.05, 4.69) is 0 Å². The fourth-order valence-electron chi connectivity index (χ4n) is 2.04. The molecule has 1 aromatic carbocycles. The lowest BCUT2D eigenvalue weighted by Crippen LogP contribution is -2.10. The highest BCUT2D eigenvalue weighted by atomic mass is 16.7. The van der Waals surface area contributed by atoms with Gasteiger partial charge in [0.05, 0.1) is 32.8 Å². The standard InChI is InChI=1S/C13H15NO5/c1-16-11-8(5-9(15)3-4-14)6-10-12(13(11)17-2)19-7-18-10/h6,9,15H,3,5,7H2,1-2H3/t9-/m0/s1. The number of fused-ring (bicyclic) bond motifs is 1. The van der Waals surface area contributed by atoms with Crippen LogP contribution in [0.3, 0.4) is 0 Å². The summed E-state index contributed by atoms with van der Waals surface area (Å²) in [5.41, 5.74) is 0.714. The minimum atomic E-state index is -0.760. The maximum absolute atomic E-state index is 9.74. The highest BCUT2D eigenvalue weighted by molar-refractivity contribution is 5.63. The summed E-state index contributed by atoms with van der Waals surface area (Å²) in [5.74, 6) is 1.98. The molecule has 1 atom stereocenters. The molecule has 0 radical (unpaired) electrons. The summed E-state index contributed by atoms with van der Waals surface area (Å²) in [5, 5.41) is 18.3. The van der Waals surface area contributed by atoms with Crippen LogP contribution in [0.2, 0.25) is 0 Å². The summed E-state index contributed by atoms with van der Waals surface area (Å²) in [6.07, 6.45) is -0.423. The van der Waals surface area contributed by atoms with Crippen molar-refractivity contribution in [3.05, 3.63) is 11.6 Å². The number of nitrogens with zero attached hydrogens (tertiary/aromatic N) is 1. The second kappa shape index (κ2) is 5.67. The molecule has 1 heterocycles. The van der Waals surface area contributed by atoms with E-state index in [0.717, 1.165) is 0 Å². The topological polar surface area (TPSA) is 80.9 Å². The van der Waals surface area contributed by atoms with Crippen molar-refractivity contribution in [2.75, 3.05) is 21.0 Å². The van der Waals surface area contributed by atoms with Gasteiger partial charge < -0.3 is 24.1 Å². The Morgan fingerprint density at radius 3 is 2.74 bits per heavy atom. The lowest BCUT2D eigenvalue weighted by atomic mass is 10.0. The predicted molar refractivity (Wildman–Crippen MR) is 65.6 cm³/mol. The third kappa shape index (κ3) is 2.51. The van der Waals surface area contributed by atoms with E-state index in [1.54, 1.807) is 6.07 Å². The normalized spacial score (nSPS) is 13.8. The Labute approximate surface area is 111 Å². The van der Waals surface area contributed by atoms with Crippen molar-refractivity contribution < 1.29 is 24.1 Å². The van der Waals surface area contributed by atoms with Crippen LogP contribution in [-0.4, -0.2) is 32.2 Å². The van der Waals surface area contributed by atoms with E-state index in [1.807, 2.05) is 6.07 Å². The van der Waals surface area contributed by atoms with Gasteiger partial charge >= 0.3 is 0 Å². The highest BCUT2D eigenvalue weighted by Crippen LogP contribution is 2.49. The van der Waals surface area contributed by atoms with Crippen LogP contribution in [-0.2, 0) is 6.42 Å². The van der Waals surface area contributed by atoms with Crippen molar-refractivity contribution in [3.8, 4) is 29.1 Å². The van der Waals surface area contributed by atoms with Crippen LogP contribution in [0.25, 0.3) is 0 Å². The molecule has 0 saturated carbocycles. The van der Waals surface area contributed by atoms with E-state index in [0.29, 0.717) is 28.6 Å². The van der Waals surface area contributed by atoms with Crippen molar-refractivity contribution in [1.29, 1.82) is 5.26 Å². The molecule has 1 aliphatic heterocycles. The monoisotopic (exact) mass is 265 g/mol. The van der Waals surface area contributed by atoms with Crippen LogP contribution in [0.5, 0.6) is 23.0 Å². The molecule has 0 bridgehead atoms. The Hall–Kier alpha value is -2.13. The van der Waals surface area contributed by atoms with Gasteiger partial charge in [-0.15, -0.1) is 0 Å². The number of hydrogen-bond acceptors (Lipinski definition) is 6. The van der Waals surface area contributed by atoms with Gasteiger partial charge in [-0.25, -0.2) is 0 Å². The number of nitriles is 1. The fourth-order valence-corrected chi connectivity index (χ4v) is 2.04. The Morgan fingerprint density at radius 2 is 2.11 bits per heavy atom. The van der Waals surface area contributed by atoms with Gasteiger partial charge in [-0.05, 0) is 6.07 Å². The number of benzene rings is 1. The van der Waals surface area contributed by atoms with Crippen LogP contribution in [0.15, 0.2) is 6.07 Å². The average molecular weight is 265 g/mol. The minimum Gasteiger partial charge on any atom is -0.492 e. The number of methoxy groups -OCH3 is 2. The van der Waals surface area contributed by atoms with Crippen molar-refractivity contribution in [1.82, 2.24) is 0 Å². The molecule has 0 fully saturated rings. The van der Waals surface area contributed by atoms with Crippen molar-refractivity contribution >= 4 is 0 Å². The molecule has 19 heavy (non-hydrogen) atoms. The third-order valence-electron chi connectivity index (χ3n) is 2.84. The quantitative estimate of drug-likeness (QED) is 0.863. The zero-order chi connectivity index (χ0) is 13.8. The zero-order valence-electron chi connectivity index (χ0n) is 10.8. The van der Waals surface area contributed by atoms with E-state index < -0.39 is 6.10 Å². The maximum Gasteiger partial charge on any atom is 0.231 e. The molecule has 0 spiro atoms. The molecule has 1 aromatic rings. The molecular formula is C13H15NO5. The van der Waals surface area contributed by atoms with Crippen LogP contribution in [0.1, 0.15) is 12.0 Å². The van der Waals surface area contributed by atoms with Crippen LogP contribution < -0.4 is 18.9 Å². The lowest BCUT2D eigenvalue weighted by molar-refractivity contribution is 0.170. The third-order valence-corrected chi connectivity index (χ3v) is 2.84. The van der Waals surface area contributed by atoms with Gasteiger partial charge in [0, 0.05) is 12.0 Å². The predicted octanol–water partition coefficient (Wildman–Crippen LogP) is 1.25. The van der Waals surface area contributed by atoms with Gasteiger partial charge in [0.2, 0.25) is 18.3 Å². The van der Waals surface area contributed by atoms with E-state index in [1.165, 1.54) is 14.2 Å². The first-order chi connectivity index (χ1) is 9.21. The number of rotatable bonds is 5. The minimum absolute atomic E-state index is 0.0555. The number of aliphatic hydroxyl groups excluding tert-OH is 1. The molecule has 0 aliphatic carbocycles. The van der Waals surface area contributed by atoms with Crippen molar-refractivity contribution in [2.24, 2.45) is 0 Å². The highest BCUT2D eigenvalue weighted by Gasteiger charge is 2.26. The molecule has 6 nitrogen and oxygen atoms in total. The van der Waals surface area contributed by atoms with Crippen LogP contribution >= 0.6 is 0 Å². The van der Waals surface area contributed by atoms with Gasteiger partial charge in [-0.3, -0.25) is 0 Å². The van der Waals surface area contributed by atoms with Gasteiger partial charge in [0.1, 0.15) is 0 Å². The molecule has 0 unspecified atom stereocenters. The van der Waals surface area contributed by atoms with Gasteiger partial charge in [-0.1, -0.05) is 0 Å².